The van der Waals surface area contributed by atoms with Gasteiger partial charge in [-0.25, -0.2) is 19.7 Å². The normalized spacial score (nSPS) is 18.5. The number of ether oxygens (including phenoxy) is 1. The van der Waals surface area contributed by atoms with Crippen LogP contribution in [0.1, 0.15) is 30.1 Å². The number of carboxylic acids is 1. The zero-order chi connectivity index (χ0) is 24.2. The Morgan fingerprint density at radius 2 is 2.09 bits per heavy atom. The maximum Gasteiger partial charge on any atom is 0.335 e. The zero-order valence-electron chi connectivity index (χ0n) is 19.8. The molecule has 1 fully saturated rings. The molecule has 1 aliphatic carbocycles. The topological polar surface area (TPSA) is 112 Å². The third kappa shape index (κ3) is 5.41. The van der Waals surface area contributed by atoms with Crippen molar-refractivity contribution in [1.82, 2.24) is 19.9 Å². The van der Waals surface area contributed by atoms with E-state index >= 15 is 0 Å². The van der Waals surface area contributed by atoms with Crippen molar-refractivity contribution in [3.63, 3.8) is 0 Å². The molecular formula is C26H30N6O3. The number of pyridine rings is 1. The van der Waals surface area contributed by atoms with Crippen LogP contribution in [-0.2, 0) is 4.74 Å². The maximum atomic E-state index is 11.5. The van der Waals surface area contributed by atoms with E-state index in [1.54, 1.807) is 24.4 Å². The molecule has 0 amide bonds. The predicted octanol–water partition coefficient (Wildman–Crippen LogP) is 3.90. The number of anilines is 2. The fraction of sp³-hybridized carbons (Fsp3) is 0.385. The Hall–Kier alpha value is -3.56. The molecule has 9 heteroatoms. The van der Waals surface area contributed by atoms with Gasteiger partial charge in [-0.05, 0) is 43.5 Å². The van der Waals surface area contributed by atoms with Crippen LogP contribution in [-0.4, -0.2) is 70.3 Å². The van der Waals surface area contributed by atoms with Crippen LogP contribution in [0.3, 0.4) is 0 Å². The number of aromatic carboxylic acids is 1. The second-order valence-electron chi connectivity index (χ2n) is 9.05. The molecule has 0 spiro atoms. The number of hydrogen-bond acceptors (Lipinski definition) is 8. The van der Waals surface area contributed by atoms with Crippen LogP contribution >= 0.6 is 0 Å². The number of nitrogens with one attached hydrogen (secondary N) is 2. The van der Waals surface area contributed by atoms with Gasteiger partial charge in [-0.3, -0.25) is 4.90 Å². The monoisotopic (exact) mass is 474 g/mol. The molecule has 3 heterocycles. The van der Waals surface area contributed by atoms with Crippen LogP contribution in [0.2, 0.25) is 0 Å². The van der Waals surface area contributed by atoms with Crippen molar-refractivity contribution in [3.05, 3.63) is 53.9 Å². The standard InChI is InChI=1S/C26H30N6O3/c1-17-4-2-5-19(14-17)29-24-23-21(20-7-6-18(25(33)34)15-22(20)30-24)16-28-26(31-23)27-8-3-9-32-10-12-35-13-11-32/h2,5-7,14-17H,3-4,8-13H2,1H3,(H,29,30)(H,33,34)(H,27,28,31). The van der Waals surface area contributed by atoms with E-state index < -0.39 is 5.97 Å². The molecule has 1 saturated heterocycles. The SMILES string of the molecule is CC1C=C(Nc2nc3cc(C(=O)O)ccc3c3cnc(NCCCN4CCOCC4)nc23)C=CC1. The Bertz CT molecular complexity index is 1300. The van der Waals surface area contributed by atoms with Gasteiger partial charge < -0.3 is 20.5 Å². The summed E-state index contributed by atoms with van der Waals surface area (Å²) in [6, 6.07) is 4.96. The molecule has 2 aromatic heterocycles. The number of carboxylic acid groups (broad SMARTS) is 1. The molecule has 3 aromatic rings. The molecule has 1 aromatic carbocycles. The lowest BCUT2D eigenvalue weighted by Gasteiger charge is -2.26. The van der Waals surface area contributed by atoms with E-state index in [0.29, 0.717) is 28.7 Å². The van der Waals surface area contributed by atoms with Gasteiger partial charge >= 0.3 is 5.97 Å². The lowest BCUT2D eigenvalue weighted by molar-refractivity contribution is 0.0378. The van der Waals surface area contributed by atoms with Crippen molar-refractivity contribution in [3.8, 4) is 0 Å². The number of hydrogen-bond donors (Lipinski definition) is 3. The van der Waals surface area contributed by atoms with Gasteiger partial charge in [-0.2, -0.15) is 0 Å². The van der Waals surface area contributed by atoms with E-state index in [1.807, 2.05) is 6.08 Å². The van der Waals surface area contributed by atoms with Gasteiger partial charge in [0.2, 0.25) is 5.95 Å². The van der Waals surface area contributed by atoms with Gasteiger partial charge in [0.05, 0.1) is 24.3 Å². The van der Waals surface area contributed by atoms with Crippen molar-refractivity contribution < 1.29 is 14.6 Å². The predicted molar refractivity (Wildman–Crippen MR) is 137 cm³/mol. The largest absolute Gasteiger partial charge is 0.478 e. The summed E-state index contributed by atoms with van der Waals surface area (Å²) in [6.45, 7) is 7.50. The van der Waals surface area contributed by atoms with Gasteiger partial charge in [-0.15, -0.1) is 0 Å². The van der Waals surface area contributed by atoms with Gasteiger partial charge in [0.25, 0.3) is 0 Å². The average molecular weight is 475 g/mol. The summed E-state index contributed by atoms with van der Waals surface area (Å²) in [5, 5.41) is 17.8. The van der Waals surface area contributed by atoms with Crippen molar-refractivity contribution in [1.29, 1.82) is 0 Å². The third-order valence-corrected chi connectivity index (χ3v) is 6.35. The molecule has 0 saturated carbocycles. The Morgan fingerprint density at radius 3 is 2.89 bits per heavy atom. The van der Waals surface area contributed by atoms with Crippen LogP contribution in [0.4, 0.5) is 11.8 Å². The second-order valence-corrected chi connectivity index (χ2v) is 9.05. The molecule has 2 aliphatic rings. The number of rotatable bonds is 8. The zero-order valence-corrected chi connectivity index (χ0v) is 19.8. The molecule has 9 nitrogen and oxygen atoms in total. The maximum absolute atomic E-state index is 11.5. The molecule has 1 aliphatic heterocycles. The summed E-state index contributed by atoms with van der Waals surface area (Å²) >= 11 is 0. The van der Waals surface area contributed by atoms with Crippen LogP contribution in [0.5, 0.6) is 0 Å². The van der Waals surface area contributed by atoms with Gasteiger partial charge in [-0.1, -0.05) is 25.1 Å². The summed E-state index contributed by atoms with van der Waals surface area (Å²) in [6.07, 6.45) is 10.1. The molecule has 5 rings (SSSR count). The Balaban J connectivity index is 1.44. The van der Waals surface area contributed by atoms with Gasteiger partial charge in [0, 0.05) is 42.3 Å². The smallest absolute Gasteiger partial charge is 0.335 e. The van der Waals surface area contributed by atoms with Crippen molar-refractivity contribution in [2.45, 2.75) is 19.8 Å². The van der Waals surface area contributed by atoms with Crippen molar-refractivity contribution in [2.24, 2.45) is 5.92 Å². The Kier molecular flexibility index (Phi) is 6.87. The summed E-state index contributed by atoms with van der Waals surface area (Å²) in [4.78, 5) is 28.0. The lowest BCUT2D eigenvalue weighted by atomic mass is 10.0. The Morgan fingerprint density at radius 1 is 1.23 bits per heavy atom. The number of allylic oxidation sites excluding steroid dienone is 3. The van der Waals surface area contributed by atoms with Crippen LogP contribution in [0.15, 0.2) is 48.3 Å². The average Bonchev–Trinajstić information content (AvgIpc) is 2.87. The summed E-state index contributed by atoms with van der Waals surface area (Å²) in [5.41, 5.74) is 2.42. The van der Waals surface area contributed by atoms with Crippen molar-refractivity contribution >= 4 is 39.5 Å². The highest BCUT2D eigenvalue weighted by Gasteiger charge is 2.15. The van der Waals surface area contributed by atoms with Crippen LogP contribution in [0, 0.1) is 5.92 Å². The molecule has 182 valence electrons. The first-order valence-electron chi connectivity index (χ1n) is 12.1. The van der Waals surface area contributed by atoms with E-state index in [-0.39, 0.29) is 5.56 Å². The van der Waals surface area contributed by atoms with Crippen molar-refractivity contribution in [2.75, 3.05) is 50.0 Å². The highest BCUT2D eigenvalue weighted by molar-refractivity contribution is 6.09. The summed E-state index contributed by atoms with van der Waals surface area (Å²) < 4.78 is 5.41. The van der Waals surface area contributed by atoms with Crippen LogP contribution < -0.4 is 10.6 Å². The molecule has 3 N–H and O–H groups in total. The molecular weight excluding hydrogens is 444 g/mol. The third-order valence-electron chi connectivity index (χ3n) is 6.35. The highest BCUT2D eigenvalue weighted by Crippen LogP contribution is 2.30. The minimum atomic E-state index is -0.983. The number of fused-ring (bicyclic) bond motifs is 3. The van der Waals surface area contributed by atoms with E-state index in [2.05, 4.69) is 39.6 Å². The molecule has 35 heavy (non-hydrogen) atoms. The van der Waals surface area contributed by atoms with E-state index in [9.17, 15) is 9.90 Å². The minimum Gasteiger partial charge on any atom is -0.478 e. The van der Waals surface area contributed by atoms with E-state index in [1.165, 1.54) is 0 Å². The summed E-state index contributed by atoms with van der Waals surface area (Å²) in [5.74, 6) is 0.570. The van der Waals surface area contributed by atoms with Crippen LogP contribution in [0.25, 0.3) is 21.8 Å². The van der Waals surface area contributed by atoms with Gasteiger partial charge in [0.1, 0.15) is 5.52 Å². The highest BCUT2D eigenvalue weighted by atomic mass is 16.5. The molecule has 1 atom stereocenters. The number of carbonyl (C=O) groups is 1. The first-order valence-corrected chi connectivity index (χ1v) is 12.1. The number of morpholine rings is 1. The molecule has 0 radical (unpaired) electrons. The number of benzene rings is 1. The van der Waals surface area contributed by atoms with E-state index in [0.717, 1.165) is 68.7 Å². The lowest BCUT2D eigenvalue weighted by Crippen LogP contribution is -2.37. The number of aromatic nitrogens is 3. The fourth-order valence-electron chi connectivity index (χ4n) is 4.48. The van der Waals surface area contributed by atoms with E-state index in [4.69, 9.17) is 14.7 Å². The van der Waals surface area contributed by atoms with Gasteiger partial charge in [0.15, 0.2) is 5.82 Å². The first-order chi connectivity index (χ1) is 17.1. The molecule has 0 bridgehead atoms. The molecule has 1 unspecified atom stereocenters. The number of nitrogens with zero attached hydrogens (tertiary/aromatic N) is 4. The quantitative estimate of drug-likeness (QED) is 0.330. The second kappa shape index (κ2) is 10.4. The first kappa shape index (κ1) is 23.2. The fourth-order valence-corrected chi connectivity index (χ4v) is 4.48. The minimum absolute atomic E-state index is 0.195. The Labute approximate surface area is 203 Å². The summed E-state index contributed by atoms with van der Waals surface area (Å²) in [7, 11) is 0.